The van der Waals surface area contributed by atoms with Crippen LogP contribution in [0.2, 0.25) is 0 Å². The number of alkyl carbamates (subject to hydrolysis) is 1. The van der Waals surface area contributed by atoms with Gasteiger partial charge in [-0.3, -0.25) is 4.79 Å². The quantitative estimate of drug-likeness (QED) is 0.253. The van der Waals surface area contributed by atoms with Crippen LogP contribution in [0, 0.1) is 0 Å². The number of imidazole rings is 1. The van der Waals surface area contributed by atoms with Crippen molar-refractivity contribution in [1.29, 1.82) is 0 Å². The van der Waals surface area contributed by atoms with Crippen LogP contribution in [-0.4, -0.2) is 47.1 Å². The lowest BCUT2D eigenvalue weighted by Gasteiger charge is -2.17. The van der Waals surface area contributed by atoms with Crippen molar-refractivity contribution in [3.05, 3.63) is 54.1 Å². The fourth-order valence-electron chi connectivity index (χ4n) is 3.28. The van der Waals surface area contributed by atoms with E-state index < -0.39 is 18.1 Å². The van der Waals surface area contributed by atoms with Crippen molar-refractivity contribution in [2.24, 2.45) is 0 Å². The van der Waals surface area contributed by atoms with Crippen molar-refractivity contribution in [3.63, 3.8) is 0 Å². The molecule has 0 unspecified atom stereocenters. The van der Waals surface area contributed by atoms with Gasteiger partial charge in [-0.05, 0) is 12.0 Å². The number of ether oxygens (including phenoxy) is 2. The SMILES string of the molecule is CCCCCCCCOC(=O)[C@@H](Cc1cnc[nH]1)NC(=O)CCNC(=O)OCc1ccccc1. The van der Waals surface area contributed by atoms with Crippen LogP contribution >= 0.6 is 0 Å². The zero-order valence-corrected chi connectivity index (χ0v) is 19.9. The molecule has 0 radical (unpaired) electrons. The van der Waals surface area contributed by atoms with Gasteiger partial charge in [0.05, 0.1) is 12.9 Å². The lowest BCUT2D eigenvalue weighted by atomic mass is 10.1. The van der Waals surface area contributed by atoms with Crippen molar-refractivity contribution in [2.45, 2.75) is 70.9 Å². The summed E-state index contributed by atoms with van der Waals surface area (Å²) in [5.41, 5.74) is 1.58. The lowest BCUT2D eigenvalue weighted by Crippen LogP contribution is -2.44. The second kappa shape index (κ2) is 16.3. The molecule has 0 aliphatic carbocycles. The van der Waals surface area contributed by atoms with E-state index in [1.807, 2.05) is 30.3 Å². The van der Waals surface area contributed by atoms with Gasteiger partial charge in [0, 0.05) is 31.3 Å². The number of aromatic nitrogens is 2. The Labute approximate surface area is 201 Å². The molecule has 0 saturated carbocycles. The first-order valence-electron chi connectivity index (χ1n) is 12.0. The molecule has 0 saturated heterocycles. The highest BCUT2D eigenvalue weighted by Crippen LogP contribution is 2.07. The van der Waals surface area contributed by atoms with E-state index in [1.165, 1.54) is 25.6 Å². The summed E-state index contributed by atoms with van der Waals surface area (Å²) in [6, 6.07) is 8.47. The molecule has 0 aliphatic rings. The predicted octanol–water partition coefficient (Wildman–Crippen LogP) is 3.66. The molecule has 1 aromatic heterocycles. The number of H-pyrrole nitrogens is 1. The third-order valence-electron chi connectivity index (χ3n) is 5.17. The maximum atomic E-state index is 12.6. The number of benzene rings is 1. The Morgan fingerprint density at radius 1 is 1.03 bits per heavy atom. The standard InChI is InChI=1S/C25H36N4O5/c1-2-3-4-5-6-10-15-33-24(31)22(16-21-17-26-19-28-21)29-23(30)13-14-27-25(32)34-18-20-11-8-7-9-12-20/h7-9,11-12,17,19,22H,2-6,10,13-16,18H2,1H3,(H,26,28)(H,27,32)(H,29,30)/t22-/m1/s1. The number of hydrogen-bond donors (Lipinski definition) is 3. The number of rotatable bonds is 16. The van der Waals surface area contributed by atoms with Crippen LogP contribution in [0.5, 0.6) is 0 Å². The summed E-state index contributed by atoms with van der Waals surface area (Å²) in [4.78, 5) is 43.7. The number of aromatic amines is 1. The van der Waals surface area contributed by atoms with E-state index in [9.17, 15) is 14.4 Å². The highest BCUT2D eigenvalue weighted by molar-refractivity contribution is 5.85. The molecule has 0 spiro atoms. The van der Waals surface area contributed by atoms with Crippen LogP contribution in [0.4, 0.5) is 4.79 Å². The van der Waals surface area contributed by atoms with E-state index in [1.54, 1.807) is 6.20 Å². The van der Waals surface area contributed by atoms with E-state index >= 15 is 0 Å². The zero-order chi connectivity index (χ0) is 24.4. The van der Waals surface area contributed by atoms with Crippen LogP contribution < -0.4 is 10.6 Å². The Hall–Kier alpha value is -3.36. The lowest BCUT2D eigenvalue weighted by molar-refractivity contribution is -0.148. The Kier molecular flexibility index (Phi) is 12.9. The van der Waals surface area contributed by atoms with Crippen molar-refractivity contribution in [1.82, 2.24) is 20.6 Å². The summed E-state index contributed by atoms with van der Waals surface area (Å²) in [6.07, 6.45) is 9.29. The van der Waals surface area contributed by atoms with Gasteiger partial charge in [-0.15, -0.1) is 0 Å². The van der Waals surface area contributed by atoms with Crippen molar-refractivity contribution in [2.75, 3.05) is 13.2 Å². The van der Waals surface area contributed by atoms with Crippen LogP contribution in [0.3, 0.4) is 0 Å². The third-order valence-corrected chi connectivity index (χ3v) is 5.17. The summed E-state index contributed by atoms with van der Waals surface area (Å²) >= 11 is 0. The average molecular weight is 473 g/mol. The second-order valence-corrected chi connectivity index (χ2v) is 8.07. The molecule has 2 amide bonds. The van der Waals surface area contributed by atoms with Gasteiger partial charge in [0.2, 0.25) is 5.91 Å². The van der Waals surface area contributed by atoms with E-state index in [0.29, 0.717) is 12.3 Å². The molecule has 3 N–H and O–H groups in total. The summed E-state index contributed by atoms with van der Waals surface area (Å²) in [5.74, 6) is -0.851. The number of hydrogen-bond acceptors (Lipinski definition) is 6. The van der Waals surface area contributed by atoms with Gasteiger partial charge in [0.15, 0.2) is 0 Å². The predicted molar refractivity (Wildman–Crippen MR) is 128 cm³/mol. The number of amides is 2. The zero-order valence-electron chi connectivity index (χ0n) is 19.9. The first-order chi connectivity index (χ1) is 16.6. The van der Waals surface area contributed by atoms with E-state index in [-0.39, 0.29) is 31.9 Å². The Morgan fingerprint density at radius 3 is 2.53 bits per heavy atom. The van der Waals surface area contributed by atoms with Crippen LogP contribution in [0.15, 0.2) is 42.9 Å². The molecule has 2 rings (SSSR count). The minimum atomic E-state index is -0.835. The van der Waals surface area contributed by atoms with E-state index in [4.69, 9.17) is 9.47 Å². The smallest absolute Gasteiger partial charge is 0.407 e. The molecular formula is C25H36N4O5. The molecule has 186 valence electrons. The first kappa shape index (κ1) is 26.9. The van der Waals surface area contributed by atoms with Gasteiger partial charge >= 0.3 is 12.1 Å². The number of carbonyl (C=O) groups excluding carboxylic acids is 3. The number of carbonyl (C=O) groups is 3. The van der Waals surface area contributed by atoms with Gasteiger partial charge in [-0.2, -0.15) is 0 Å². The fourth-order valence-corrected chi connectivity index (χ4v) is 3.28. The third kappa shape index (κ3) is 11.5. The Bertz CT molecular complexity index is 842. The van der Waals surface area contributed by atoms with Crippen molar-refractivity contribution >= 4 is 18.0 Å². The molecular weight excluding hydrogens is 436 g/mol. The molecule has 0 fully saturated rings. The largest absolute Gasteiger partial charge is 0.464 e. The topological polar surface area (TPSA) is 122 Å². The second-order valence-electron chi connectivity index (χ2n) is 8.07. The van der Waals surface area contributed by atoms with Crippen LogP contribution in [0.1, 0.15) is 63.1 Å². The van der Waals surface area contributed by atoms with Crippen LogP contribution in [0.25, 0.3) is 0 Å². The highest BCUT2D eigenvalue weighted by Gasteiger charge is 2.23. The molecule has 9 nitrogen and oxygen atoms in total. The fraction of sp³-hybridized carbons (Fsp3) is 0.520. The monoisotopic (exact) mass is 472 g/mol. The van der Waals surface area contributed by atoms with Crippen molar-refractivity contribution in [3.8, 4) is 0 Å². The number of nitrogens with one attached hydrogen (secondary N) is 3. The van der Waals surface area contributed by atoms with Gasteiger partial charge in [-0.1, -0.05) is 69.4 Å². The van der Waals surface area contributed by atoms with Gasteiger partial charge < -0.3 is 25.1 Å². The molecule has 0 bridgehead atoms. The summed E-state index contributed by atoms with van der Waals surface area (Å²) in [6.45, 7) is 2.73. The van der Waals surface area contributed by atoms with Gasteiger partial charge in [0.1, 0.15) is 12.6 Å². The maximum absolute atomic E-state index is 12.6. The van der Waals surface area contributed by atoms with E-state index in [0.717, 1.165) is 24.8 Å². The first-order valence-corrected chi connectivity index (χ1v) is 12.0. The average Bonchev–Trinajstić information content (AvgIpc) is 3.35. The van der Waals surface area contributed by atoms with Gasteiger partial charge in [-0.25, -0.2) is 14.6 Å². The Morgan fingerprint density at radius 2 is 1.79 bits per heavy atom. The molecule has 1 heterocycles. The molecule has 1 atom stereocenters. The molecule has 1 aromatic carbocycles. The number of unbranched alkanes of at least 4 members (excludes halogenated alkanes) is 5. The van der Waals surface area contributed by atoms with Crippen molar-refractivity contribution < 1.29 is 23.9 Å². The van der Waals surface area contributed by atoms with E-state index in [2.05, 4.69) is 27.5 Å². The molecule has 0 aliphatic heterocycles. The number of esters is 1. The minimum absolute atomic E-state index is 0.00459. The maximum Gasteiger partial charge on any atom is 0.407 e. The van der Waals surface area contributed by atoms with Gasteiger partial charge in [0.25, 0.3) is 0 Å². The summed E-state index contributed by atoms with van der Waals surface area (Å²) in [7, 11) is 0. The Balaban J connectivity index is 1.70. The molecule has 34 heavy (non-hydrogen) atoms. The summed E-state index contributed by atoms with van der Waals surface area (Å²) < 4.78 is 10.5. The minimum Gasteiger partial charge on any atom is -0.464 e. The van der Waals surface area contributed by atoms with Crippen LogP contribution in [-0.2, 0) is 32.1 Å². The highest BCUT2D eigenvalue weighted by atomic mass is 16.5. The molecule has 9 heteroatoms. The number of nitrogens with zero attached hydrogens (tertiary/aromatic N) is 1. The summed E-state index contributed by atoms with van der Waals surface area (Å²) in [5, 5.41) is 5.24. The molecule has 2 aromatic rings. The normalized spacial score (nSPS) is 11.4.